The van der Waals surface area contributed by atoms with Gasteiger partial charge in [0.15, 0.2) is 5.69 Å². The molecule has 268 valence electrons. The van der Waals surface area contributed by atoms with Gasteiger partial charge in [0.25, 0.3) is 0 Å². The molecule has 4 aromatic rings. The number of hydrogen-bond donors (Lipinski definition) is 1. The summed E-state index contributed by atoms with van der Waals surface area (Å²) in [5.74, 6) is -6.44. The number of anilines is 3. The van der Waals surface area contributed by atoms with Gasteiger partial charge in [0.2, 0.25) is 23.6 Å². The van der Waals surface area contributed by atoms with E-state index in [9.17, 15) is 44.5 Å². The summed E-state index contributed by atoms with van der Waals surface area (Å²) < 4.78 is 0. The summed E-state index contributed by atoms with van der Waals surface area (Å²) in [6.07, 6.45) is 2.03. The standard InChI is InChI=1S/C39H33N5O9/c1-39-28(36(47)42(38(39)49)20-9-5-4-6-10-20)19-27-25(33(39)24-15-16-31(45)23-12-8-7-11-22(23)24)13-14-26-32(27)37(48)41(35(26)46)21-17-29(43(50)51)34(40(2)3)30(18-21)44(52)53/h4-13,15-18,26-28,32-33,45H,14,19H2,1-3H3/t26-,27+,28-,32-,33-,39+/m0/s1. The number of imide groups is 2. The van der Waals surface area contributed by atoms with Gasteiger partial charge in [-0.05, 0) is 54.8 Å². The van der Waals surface area contributed by atoms with Gasteiger partial charge in [0.1, 0.15) is 5.75 Å². The van der Waals surface area contributed by atoms with E-state index in [4.69, 9.17) is 0 Å². The number of rotatable bonds is 6. The molecule has 14 heteroatoms. The smallest absolute Gasteiger partial charge is 0.301 e. The van der Waals surface area contributed by atoms with Gasteiger partial charge in [-0.15, -0.1) is 0 Å². The number of carbonyl (C=O) groups excluding carboxylic acids is 4. The van der Waals surface area contributed by atoms with Crippen LogP contribution in [0.5, 0.6) is 5.75 Å². The second kappa shape index (κ2) is 11.8. The van der Waals surface area contributed by atoms with Crippen LogP contribution < -0.4 is 14.7 Å². The maximum Gasteiger partial charge on any atom is 0.301 e. The zero-order chi connectivity index (χ0) is 37.7. The molecule has 0 unspecified atom stereocenters. The number of carbonyl (C=O) groups is 4. The number of allylic oxidation sites excluding steroid dienone is 2. The predicted molar refractivity (Wildman–Crippen MR) is 193 cm³/mol. The summed E-state index contributed by atoms with van der Waals surface area (Å²) in [7, 11) is 2.84. The minimum Gasteiger partial charge on any atom is -0.507 e. The summed E-state index contributed by atoms with van der Waals surface area (Å²) in [5, 5.41) is 36.3. The Morgan fingerprint density at radius 2 is 1.40 bits per heavy atom. The highest BCUT2D eigenvalue weighted by atomic mass is 16.6. The number of nitro benzene ring substituents is 2. The Morgan fingerprint density at radius 1 is 0.774 bits per heavy atom. The quantitative estimate of drug-likeness (QED) is 0.110. The Hall–Kier alpha value is -6.44. The Bertz CT molecular complexity index is 2320. The molecule has 6 atom stereocenters. The number of hydrogen-bond acceptors (Lipinski definition) is 10. The molecule has 2 saturated heterocycles. The highest BCUT2D eigenvalue weighted by Crippen LogP contribution is 2.64. The van der Waals surface area contributed by atoms with Crippen molar-refractivity contribution in [2.24, 2.45) is 29.1 Å². The molecule has 1 saturated carbocycles. The number of nitrogens with zero attached hydrogens (tertiary/aromatic N) is 5. The van der Waals surface area contributed by atoms with Gasteiger partial charge >= 0.3 is 11.4 Å². The zero-order valence-corrected chi connectivity index (χ0v) is 28.8. The molecule has 2 aliphatic carbocycles. The lowest BCUT2D eigenvalue weighted by Crippen LogP contribution is -2.49. The number of amides is 4. The summed E-state index contributed by atoms with van der Waals surface area (Å²) in [4.78, 5) is 84.0. The predicted octanol–water partition coefficient (Wildman–Crippen LogP) is 5.86. The summed E-state index contributed by atoms with van der Waals surface area (Å²) in [6.45, 7) is 1.77. The van der Waals surface area contributed by atoms with Crippen molar-refractivity contribution < 1.29 is 34.1 Å². The van der Waals surface area contributed by atoms with E-state index in [0.717, 1.165) is 17.0 Å². The number of nitro groups is 2. The van der Waals surface area contributed by atoms with Crippen molar-refractivity contribution in [2.45, 2.75) is 25.7 Å². The number of phenols is 1. The molecule has 4 aromatic carbocycles. The van der Waals surface area contributed by atoms with E-state index in [1.807, 2.05) is 18.2 Å². The van der Waals surface area contributed by atoms with Crippen LogP contribution in [0.4, 0.5) is 28.4 Å². The SMILES string of the molecule is CN(C)c1c([N+](=O)[O-])cc(N2C(=O)[C@H]3[C@H](CC=C4[C@H]3C[C@H]3C(=O)N(c5ccccc5)C(=O)[C@@]3(C)[C@H]4c3ccc(O)c4ccccc34)C2=O)cc1[N+](=O)[O-]. The molecule has 0 aromatic heterocycles. The van der Waals surface area contributed by atoms with Gasteiger partial charge in [0, 0.05) is 37.5 Å². The molecule has 0 bridgehead atoms. The average molecular weight is 716 g/mol. The third-order valence-electron chi connectivity index (χ3n) is 11.7. The molecular formula is C39H33N5O9. The number of para-hydroxylation sites is 1. The van der Waals surface area contributed by atoms with E-state index in [0.29, 0.717) is 27.6 Å². The molecule has 2 aliphatic heterocycles. The van der Waals surface area contributed by atoms with Crippen LogP contribution in [-0.2, 0) is 19.2 Å². The van der Waals surface area contributed by atoms with Crippen molar-refractivity contribution in [1.82, 2.24) is 0 Å². The monoisotopic (exact) mass is 715 g/mol. The highest BCUT2D eigenvalue weighted by Gasteiger charge is 2.68. The summed E-state index contributed by atoms with van der Waals surface area (Å²) in [5.41, 5.74) is -1.39. The molecule has 3 fully saturated rings. The van der Waals surface area contributed by atoms with Gasteiger partial charge in [-0.1, -0.05) is 60.2 Å². The van der Waals surface area contributed by atoms with E-state index >= 15 is 0 Å². The van der Waals surface area contributed by atoms with Crippen LogP contribution >= 0.6 is 0 Å². The highest BCUT2D eigenvalue weighted by molar-refractivity contribution is 6.25. The molecular weight excluding hydrogens is 682 g/mol. The van der Waals surface area contributed by atoms with Crippen molar-refractivity contribution >= 4 is 62.8 Å². The molecule has 4 amide bonds. The largest absolute Gasteiger partial charge is 0.507 e. The first-order chi connectivity index (χ1) is 25.3. The number of phenolic OH excluding ortho intramolecular Hbond substituents is 1. The lowest BCUT2D eigenvalue weighted by atomic mass is 9.51. The van der Waals surface area contributed by atoms with E-state index in [2.05, 4.69) is 0 Å². The van der Waals surface area contributed by atoms with Gasteiger partial charge in [-0.25, -0.2) is 9.80 Å². The van der Waals surface area contributed by atoms with Gasteiger partial charge in [-0.3, -0.25) is 39.4 Å². The molecule has 2 heterocycles. The fourth-order valence-electron chi connectivity index (χ4n) is 9.45. The first-order valence-electron chi connectivity index (χ1n) is 17.1. The normalized spacial score (nSPS) is 26.3. The van der Waals surface area contributed by atoms with Crippen LogP contribution in [0.1, 0.15) is 31.2 Å². The Balaban J connectivity index is 1.29. The van der Waals surface area contributed by atoms with Crippen molar-refractivity contribution in [1.29, 1.82) is 0 Å². The van der Waals surface area contributed by atoms with Gasteiger partial charge < -0.3 is 10.0 Å². The average Bonchev–Trinajstić information content (AvgIpc) is 3.51. The minimum absolute atomic E-state index is 0.0338. The number of benzene rings is 4. The Labute approximate surface area is 302 Å². The second-order valence-corrected chi connectivity index (χ2v) is 14.5. The van der Waals surface area contributed by atoms with Crippen molar-refractivity contribution in [3.63, 3.8) is 0 Å². The van der Waals surface area contributed by atoms with Crippen molar-refractivity contribution in [3.8, 4) is 5.75 Å². The van der Waals surface area contributed by atoms with Gasteiger partial charge in [-0.2, -0.15) is 0 Å². The first kappa shape index (κ1) is 33.7. The minimum atomic E-state index is -1.32. The van der Waals surface area contributed by atoms with Crippen molar-refractivity contribution in [3.05, 3.63) is 116 Å². The van der Waals surface area contributed by atoms with E-state index in [1.165, 1.54) is 23.9 Å². The zero-order valence-electron chi connectivity index (χ0n) is 28.8. The third kappa shape index (κ3) is 4.64. The topological polar surface area (TPSA) is 185 Å². The van der Waals surface area contributed by atoms with Crippen LogP contribution in [0.3, 0.4) is 0 Å². The van der Waals surface area contributed by atoms with Crippen LogP contribution in [0.25, 0.3) is 10.8 Å². The van der Waals surface area contributed by atoms with E-state index in [1.54, 1.807) is 61.5 Å². The number of fused-ring (bicyclic) bond motifs is 5. The first-order valence-corrected chi connectivity index (χ1v) is 17.1. The molecule has 8 rings (SSSR count). The third-order valence-corrected chi connectivity index (χ3v) is 11.7. The number of aromatic hydroxyl groups is 1. The molecule has 53 heavy (non-hydrogen) atoms. The van der Waals surface area contributed by atoms with Crippen LogP contribution in [-0.4, -0.2) is 52.7 Å². The van der Waals surface area contributed by atoms with E-state index in [-0.39, 0.29) is 30.0 Å². The lowest BCUT2D eigenvalue weighted by Gasteiger charge is -2.49. The maximum absolute atomic E-state index is 14.7. The van der Waals surface area contributed by atoms with Crippen LogP contribution in [0, 0.1) is 49.3 Å². The Morgan fingerprint density at radius 3 is 2.02 bits per heavy atom. The molecule has 1 N–H and O–H groups in total. The lowest BCUT2D eigenvalue weighted by molar-refractivity contribution is -0.392. The van der Waals surface area contributed by atoms with Gasteiger partial charge in [0.05, 0.1) is 44.4 Å². The Kier molecular flexibility index (Phi) is 7.50. The maximum atomic E-state index is 14.7. The fourth-order valence-corrected chi connectivity index (χ4v) is 9.45. The van der Waals surface area contributed by atoms with E-state index < -0.39 is 79.9 Å². The van der Waals surface area contributed by atoms with Crippen LogP contribution in [0.2, 0.25) is 0 Å². The summed E-state index contributed by atoms with van der Waals surface area (Å²) in [6, 6.07) is 21.1. The van der Waals surface area contributed by atoms with Crippen LogP contribution in [0.15, 0.2) is 90.5 Å². The fraction of sp³-hybridized carbons (Fsp3) is 0.282. The molecule has 0 spiro atoms. The van der Waals surface area contributed by atoms with Crippen molar-refractivity contribution in [2.75, 3.05) is 28.8 Å². The molecule has 0 radical (unpaired) electrons. The summed E-state index contributed by atoms with van der Waals surface area (Å²) >= 11 is 0. The molecule has 4 aliphatic rings. The molecule has 14 nitrogen and oxygen atoms in total. The second-order valence-electron chi connectivity index (χ2n) is 14.5.